The molecule has 0 N–H and O–H groups in total. The van der Waals surface area contributed by atoms with Crippen LogP contribution < -0.4 is 37.9 Å². The zero-order valence-corrected chi connectivity index (χ0v) is 29.7. The lowest BCUT2D eigenvalue weighted by molar-refractivity contribution is -0.134. The fourth-order valence-electron chi connectivity index (χ4n) is 6.48. The zero-order chi connectivity index (χ0) is 37.4. The second kappa shape index (κ2) is 14.0. The number of fused-ring (bicyclic) bond motifs is 6. The van der Waals surface area contributed by atoms with E-state index in [0.29, 0.717) is 66.1 Å². The van der Waals surface area contributed by atoms with Gasteiger partial charge >= 0.3 is 23.9 Å². The Morgan fingerprint density at radius 1 is 0.404 bits per heavy atom. The number of hydrogen-bond donors (Lipinski definition) is 0. The SMILES string of the molecule is COc1cc(OC)c2c(ccc3c(-c4c(OC(C)=O)c(OC(C)=O)cc5c4ccc4cc(OC)cc(OC)c45)c(OC(C)=O)c(OC(C)=O)cc32)c1. The van der Waals surface area contributed by atoms with Crippen molar-refractivity contribution in [1.82, 2.24) is 0 Å². The molecule has 0 saturated heterocycles. The van der Waals surface area contributed by atoms with Crippen LogP contribution in [0.3, 0.4) is 0 Å². The number of rotatable bonds is 9. The highest BCUT2D eigenvalue weighted by Gasteiger charge is 2.30. The molecule has 0 aromatic heterocycles. The summed E-state index contributed by atoms with van der Waals surface area (Å²) >= 11 is 0. The van der Waals surface area contributed by atoms with Gasteiger partial charge in [-0.05, 0) is 56.6 Å². The Kier molecular flexibility index (Phi) is 9.49. The Balaban J connectivity index is 1.95. The molecule has 0 bridgehead atoms. The largest absolute Gasteiger partial charge is 0.497 e. The van der Waals surface area contributed by atoms with E-state index in [1.807, 2.05) is 24.3 Å². The summed E-state index contributed by atoms with van der Waals surface area (Å²) < 4.78 is 45.9. The minimum Gasteiger partial charge on any atom is -0.497 e. The minimum absolute atomic E-state index is 0.113. The monoisotopic (exact) mass is 706 g/mol. The lowest BCUT2D eigenvalue weighted by Gasteiger charge is -2.23. The van der Waals surface area contributed by atoms with E-state index >= 15 is 0 Å². The van der Waals surface area contributed by atoms with Gasteiger partial charge < -0.3 is 37.9 Å². The molecule has 52 heavy (non-hydrogen) atoms. The van der Waals surface area contributed by atoms with Crippen LogP contribution >= 0.6 is 0 Å². The van der Waals surface area contributed by atoms with E-state index in [1.54, 1.807) is 36.4 Å². The lowest BCUT2D eigenvalue weighted by Crippen LogP contribution is -2.11. The number of ether oxygens (including phenoxy) is 8. The summed E-state index contributed by atoms with van der Waals surface area (Å²) in [4.78, 5) is 50.9. The van der Waals surface area contributed by atoms with Crippen LogP contribution in [0.2, 0.25) is 0 Å². The molecule has 0 atom stereocenters. The normalized spacial score (nSPS) is 11.0. The molecule has 0 aliphatic heterocycles. The molecular formula is C40H34O12. The zero-order valence-electron chi connectivity index (χ0n) is 29.7. The van der Waals surface area contributed by atoms with Gasteiger partial charge in [-0.3, -0.25) is 19.2 Å². The van der Waals surface area contributed by atoms with Gasteiger partial charge in [0.05, 0.1) is 28.4 Å². The molecule has 6 aromatic rings. The Morgan fingerprint density at radius 3 is 1.08 bits per heavy atom. The number of hydrogen-bond acceptors (Lipinski definition) is 12. The van der Waals surface area contributed by atoms with Gasteiger partial charge in [-0.2, -0.15) is 0 Å². The molecule has 0 heterocycles. The maximum absolute atomic E-state index is 12.8. The maximum atomic E-state index is 12.8. The number of carbonyl (C=O) groups is 4. The van der Waals surface area contributed by atoms with E-state index in [0.717, 1.165) is 0 Å². The molecule has 0 spiro atoms. The molecule has 0 radical (unpaired) electrons. The third kappa shape index (κ3) is 6.30. The highest BCUT2D eigenvalue weighted by Crippen LogP contribution is 2.55. The van der Waals surface area contributed by atoms with Gasteiger partial charge in [-0.25, -0.2) is 0 Å². The first kappa shape index (κ1) is 35.3. The predicted octanol–water partition coefficient (Wildman–Crippen LogP) is 7.70. The molecule has 0 saturated carbocycles. The molecule has 0 aliphatic carbocycles. The van der Waals surface area contributed by atoms with E-state index in [4.69, 9.17) is 37.9 Å². The summed E-state index contributed by atoms with van der Waals surface area (Å²) in [5.74, 6) is -1.45. The third-order valence-corrected chi connectivity index (χ3v) is 8.34. The molecule has 6 rings (SSSR count). The van der Waals surface area contributed by atoms with Crippen LogP contribution in [0.5, 0.6) is 46.0 Å². The van der Waals surface area contributed by atoms with E-state index < -0.39 is 23.9 Å². The average Bonchev–Trinajstić information content (AvgIpc) is 3.10. The highest BCUT2D eigenvalue weighted by atomic mass is 16.6. The van der Waals surface area contributed by atoms with Crippen molar-refractivity contribution in [2.45, 2.75) is 27.7 Å². The summed E-state index contributed by atoms with van der Waals surface area (Å²) in [6, 6.07) is 17.4. The summed E-state index contributed by atoms with van der Waals surface area (Å²) in [6.45, 7) is 4.83. The first-order valence-corrected chi connectivity index (χ1v) is 15.9. The van der Waals surface area contributed by atoms with Crippen LogP contribution in [0.1, 0.15) is 27.7 Å². The quantitative estimate of drug-likeness (QED) is 0.0826. The van der Waals surface area contributed by atoms with Crippen LogP contribution in [0, 0.1) is 0 Å². The fraction of sp³-hybridized carbons (Fsp3) is 0.200. The molecular weight excluding hydrogens is 672 g/mol. The van der Waals surface area contributed by atoms with Crippen molar-refractivity contribution in [2.24, 2.45) is 0 Å². The Hall–Kier alpha value is -6.56. The van der Waals surface area contributed by atoms with Gasteiger partial charge in [0.25, 0.3) is 0 Å². The van der Waals surface area contributed by atoms with Crippen molar-refractivity contribution in [1.29, 1.82) is 0 Å². The molecule has 0 unspecified atom stereocenters. The smallest absolute Gasteiger partial charge is 0.308 e. The Bertz CT molecular complexity index is 2310. The topological polar surface area (TPSA) is 142 Å². The van der Waals surface area contributed by atoms with Crippen LogP contribution in [0.15, 0.2) is 60.7 Å². The van der Waals surface area contributed by atoms with Gasteiger partial charge in [0.15, 0.2) is 23.0 Å². The summed E-state index contributed by atoms with van der Waals surface area (Å²) in [6.07, 6.45) is 0. The van der Waals surface area contributed by atoms with Gasteiger partial charge in [-0.1, -0.05) is 24.3 Å². The minimum atomic E-state index is -0.731. The summed E-state index contributed by atoms with van der Waals surface area (Å²) in [7, 11) is 6.10. The molecule has 0 amide bonds. The average molecular weight is 707 g/mol. The molecule has 266 valence electrons. The van der Waals surface area contributed by atoms with Crippen LogP contribution in [0.25, 0.3) is 54.2 Å². The first-order chi connectivity index (χ1) is 24.9. The molecule has 6 aromatic carbocycles. The van der Waals surface area contributed by atoms with Crippen molar-refractivity contribution in [3.63, 3.8) is 0 Å². The number of esters is 4. The molecule has 0 fully saturated rings. The summed E-state index contributed by atoms with van der Waals surface area (Å²) in [5.41, 5.74) is 0.372. The van der Waals surface area contributed by atoms with Crippen molar-refractivity contribution in [2.75, 3.05) is 28.4 Å². The Labute approximate surface area is 297 Å². The molecule has 12 heteroatoms. The van der Waals surface area contributed by atoms with Gasteiger partial charge in [0.1, 0.15) is 23.0 Å². The Morgan fingerprint density at radius 2 is 0.769 bits per heavy atom. The van der Waals surface area contributed by atoms with Crippen molar-refractivity contribution < 1.29 is 57.1 Å². The standard InChI is InChI=1S/C40H34O12/c1-19(41)49-33-17-29-27(11-9-23-13-25(45-5)15-31(47-7)35(23)29)37(39(33)51-21(3)43)38-28-12-10-24-14-26(46-6)16-32(48-8)36(24)30(28)18-34(50-20(2)42)40(38)52-22(4)44/h9-18H,1-8H3. The van der Waals surface area contributed by atoms with Crippen molar-refractivity contribution in [3.05, 3.63) is 60.7 Å². The third-order valence-electron chi connectivity index (χ3n) is 8.34. The van der Waals surface area contributed by atoms with Gasteiger partial charge in [0.2, 0.25) is 0 Å². The van der Waals surface area contributed by atoms with Crippen molar-refractivity contribution in [3.8, 4) is 57.1 Å². The predicted molar refractivity (Wildman–Crippen MR) is 193 cm³/mol. The maximum Gasteiger partial charge on any atom is 0.308 e. The lowest BCUT2D eigenvalue weighted by atomic mass is 9.88. The summed E-state index contributed by atoms with van der Waals surface area (Å²) in [5, 5.41) is 4.62. The first-order valence-electron chi connectivity index (χ1n) is 15.9. The number of methoxy groups -OCH3 is 4. The van der Waals surface area contributed by atoms with Crippen molar-refractivity contribution >= 4 is 67.0 Å². The second-order valence-corrected chi connectivity index (χ2v) is 11.7. The number of benzene rings is 6. The molecule has 12 nitrogen and oxygen atoms in total. The van der Waals surface area contributed by atoms with Crippen LogP contribution in [-0.4, -0.2) is 52.3 Å². The van der Waals surface area contributed by atoms with E-state index in [2.05, 4.69) is 0 Å². The van der Waals surface area contributed by atoms with E-state index in [9.17, 15) is 19.2 Å². The second-order valence-electron chi connectivity index (χ2n) is 11.7. The van der Waals surface area contributed by atoms with E-state index in [-0.39, 0.29) is 34.1 Å². The van der Waals surface area contributed by atoms with Gasteiger partial charge in [-0.15, -0.1) is 0 Å². The van der Waals surface area contributed by atoms with Crippen LogP contribution in [-0.2, 0) is 19.2 Å². The number of carbonyl (C=O) groups excluding carboxylic acids is 4. The molecule has 0 aliphatic rings. The fourth-order valence-corrected chi connectivity index (χ4v) is 6.48. The highest BCUT2D eigenvalue weighted by molar-refractivity contribution is 6.23. The van der Waals surface area contributed by atoms with Crippen LogP contribution in [0.4, 0.5) is 0 Å². The van der Waals surface area contributed by atoms with Gasteiger partial charge in [0, 0.05) is 61.7 Å². The van der Waals surface area contributed by atoms with E-state index in [1.165, 1.54) is 56.1 Å².